The summed E-state index contributed by atoms with van der Waals surface area (Å²) in [6, 6.07) is -0.306. The van der Waals surface area contributed by atoms with Gasteiger partial charge in [-0.2, -0.15) is 0 Å². The monoisotopic (exact) mass is 295 g/mol. The highest BCUT2D eigenvalue weighted by molar-refractivity contribution is 8.13. The standard InChI is InChI=1S/C14H21N3O2S/c18-11-5-4-10(12(19)17-11)16-13-15-8-14(9-20-13)6-2-1-3-7-14/h10H,1-9H2,(H,15,16)(H,17,18,19). The van der Waals surface area contributed by atoms with Crippen molar-refractivity contribution >= 4 is 28.7 Å². The maximum absolute atomic E-state index is 11.7. The molecule has 0 aromatic carbocycles. The van der Waals surface area contributed by atoms with Gasteiger partial charge in [-0.25, -0.2) is 0 Å². The number of nitrogens with one attached hydrogen (secondary N) is 2. The average molecular weight is 295 g/mol. The first-order valence-electron chi connectivity index (χ1n) is 7.44. The lowest BCUT2D eigenvalue weighted by molar-refractivity contribution is -0.134. The van der Waals surface area contributed by atoms with Gasteiger partial charge >= 0.3 is 0 Å². The van der Waals surface area contributed by atoms with Crippen LogP contribution in [0.1, 0.15) is 44.9 Å². The molecule has 3 aliphatic rings. The van der Waals surface area contributed by atoms with E-state index in [1.54, 1.807) is 11.8 Å². The average Bonchev–Trinajstić information content (AvgIpc) is 2.45. The van der Waals surface area contributed by atoms with Gasteiger partial charge in [0, 0.05) is 18.7 Å². The van der Waals surface area contributed by atoms with Crippen LogP contribution >= 0.6 is 11.8 Å². The number of amides is 2. The normalized spacial score (nSPS) is 29.8. The number of nitrogens with zero attached hydrogens (tertiary/aromatic N) is 1. The van der Waals surface area contributed by atoms with E-state index < -0.39 is 0 Å². The topological polar surface area (TPSA) is 70.6 Å². The maximum Gasteiger partial charge on any atom is 0.249 e. The lowest BCUT2D eigenvalue weighted by atomic mass is 9.75. The number of thioether (sulfide) groups is 1. The zero-order valence-electron chi connectivity index (χ0n) is 11.6. The van der Waals surface area contributed by atoms with Gasteiger partial charge in [-0.15, -0.1) is 0 Å². The first-order valence-corrected chi connectivity index (χ1v) is 8.43. The third kappa shape index (κ3) is 3.00. The molecule has 0 aromatic rings. The Morgan fingerprint density at radius 3 is 2.70 bits per heavy atom. The molecule has 0 radical (unpaired) electrons. The Morgan fingerprint density at radius 2 is 2.05 bits per heavy atom. The predicted octanol–water partition coefficient (Wildman–Crippen LogP) is 1.43. The van der Waals surface area contributed by atoms with Crippen LogP contribution in [0, 0.1) is 5.41 Å². The van der Waals surface area contributed by atoms with Gasteiger partial charge in [0.1, 0.15) is 6.04 Å². The summed E-state index contributed by atoms with van der Waals surface area (Å²) in [5.41, 5.74) is 0.402. The highest BCUT2D eigenvalue weighted by Gasteiger charge is 2.36. The number of piperidine rings is 1. The molecule has 1 unspecified atom stereocenters. The molecule has 2 fully saturated rings. The van der Waals surface area contributed by atoms with Crippen LogP contribution in [0.15, 0.2) is 4.99 Å². The Hall–Kier alpha value is -1.04. The molecule has 2 aliphatic heterocycles. The summed E-state index contributed by atoms with van der Waals surface area (Å²) in [4.78, 5) is 27.5. The summed E-state index contributed by atoms with van der Waals surface area (Å²) in [7, 11) is 0. The molecule has 2 N–H and O–H groups in total. The third-order valence-corrected chi connectivity index (χ3v) is 5.80. The van der Waals surface area contributed by atoms with Crippen LogP contribution in [0.4, 0.5) is 0 Å². The maximum atomic E-state index is 11.7. The SMILES string of the molecule is O=C1CCC(NC2=NCC3(CCCCC3)CS2)C(=O)N1. The Morgan fingerprint density at radius 1 is 1.25 bits per heavy atom. The highest BCUT2D eigenvalue weighted by Crippen LogP contribution is 2.41. The summed E-state index contributed by atoms with van der Waals surface area (Å²) in [5, 5.41) is 6.44. The predicted molar refractivity (Wildman–Crippen MR) is 79.6 cm³/mol. The quantitative estimate of drug-likeness (QED) is 0.718. The molecule has 1 saturated heterocycles. The summed E-state index contributed by atoms with van der Waals surface area (Å²) < 4.78 is 0. The number of rotatable bonds is 1. The molecule has 0 aromatic heterocycles. The molecule has 3 rings (SSSR count). The van der Waals surface area contributed by atoms with E-state index in [9.17, 15) is 9.59 Å². The van der Waals surface area contributed by atoms with Crippen molar-refractivity contribution < 1.29 is 9.59 Å². The minimum absolute atomic E-state index is 0.174. The highest BCUT2D eigenvalue weighted by atomic mass is 32.2. The Kier molecular flexibility index (Phi) is 4.01. The van der Waals surface area contributed by atoms with Crippen LogP contribution in [0.5, 0.6) is 0 Å². The summed E-state index contributed by atoms with van der Waals surface area (Å²) in [6.07, 6.45) is 7.56. The van der Waals surface area contributed by atoms with Crippen LogP contribution in [-0.2, 0) is 9.59 Å². The Balaban J connectivity index is 1.57. The third-order valence-electron chi connectivity index (χ3n) is 4.52. The number of carbonyl (C=O) groups is 2. The zero-order valence-corrected chi connectivity index (χ0v) is 12.4. The van der Waals surface area contributed by atoms with E-state index >= 15 is 0 Å². The van der Waals surface area contributed by atoms with Gasteiger partial charge in [0.05, 0.1) is 0 Å². The lowest BCUT2D eigenvalue weighted by Crippen LogP contribution is -2.52. The van der Waals surface area contributed by atoms with E-state index in [0.717, 1.165) is 17.5 Å². The van der Waals surface area contributed by atoms with Crippen molar-refractivity contribution in [3.05, 3.63) is 0 Å². The van der Waals surface area contributed by atoms with Gasteiger partial charge in [0.25, 0.3) is 0 Å². The largest absolute Gasteiger partial charge is 0.353 e. The fourth-order valence-corrected chi connectivity index (χ4v) is 4.43. The van der Waals surface area contributed by atoms with Gasteiger partial charge in [-0.1, -0.05) is 31.0 Å². The van der Waals surface area contributed by atoms with Crippen molar-refractivity contribution in [2.45, 2.75) is 51.0 Å². The summed E-state index contributed by atoms with van der Waals surface area (Å²) in [5.74, 6) is 0.710. The first-order chi connectivity index (χ1) is 9.67. The zero-order chi connectivity index (χ0) is 14.0. The molecule has 2 amide bonds. The molecule has 2 heterocycles. The van der Waals surface area contributed by atoms with Crippen LogP contribution < -0.4 is 10.6 Å². The number of carbonyl (C=O) groups excluding carboxylic acids is 2. The van der Waals surface area contributed by atoms with E-state index in [2.05, 4.69) is 15.6 Å². The van der Waals surface area contributed by atoms with Crippen molar-refractivity contribution in [3.63, 3.8) is 0 Å². The second-order valence-electron chi connectivity index (χ2n) is 6.12. The fourth-order valence-electron chi connectivity index (χ4n) is 3.22. The molecule has 6 heteroatoms. The number of hydrogen-bond donors (Lipinski definition) is 2. The molecule has 1 spiro atoms. The molecule has 1 atom stereocenters. The summed E-state index contributed by atoms with van der Waals surface area (Å²) >= 11 is 1.74. The van der Waals surface area contributed by atoms with Crippen LogP contribution in [0.2, 0.25) is 0 Å². The van der Waals surface area contributed by atoms with Crippen molar-refractivity contribution in [1.82, 2.24) is 10.6 Å². The van der Waals surface area contributed by atoms with Crippen LogP contribution in [0.3, 0.4) is 0 Å². The molecular weight excluding hydrogens is 274 g/mol. The van der Waals surface area contributed by atoms with Crippen LogP contribution in [0.25, 0.3) is 0 Å². The second-order valence-corrected chi connectivity index (χ2v) is 7.08. The van der Waals surface area contributed by atoms with Crippen molar-refractivity contribution in [3.8, 4) is 0 Å². The molecular formula is C14H21N3O2S. The lowest BCUT2D eigenvalue weighted by Gasteiger charge is -2.39. The summed E-state index contributed by atoms with van der Waals surface area (Å²) in [6.45, 7) is 0.885. The Labute approximate surface area is 123 Å². The molecule has 5 nitrogen and oxygen atoms in total. The molecule has 20 heavy (non-hydrogen) atoms. The molecule has 1 aliphatic carbocycles. The first kappa shape index (κ1) is 13.9. The molecule has 110 valence electrons. The van der Waals surface area contributed by atoms with E-state index in [1.165, 1.54) is 32.1 Å². The van der Waals surface area contributed by atoms with Crippen LogP contribution in [-0.4, -0.2) is 35.3 Å². The van der Waals surface area contributed by atoms with Crippen molar-refractivity contribution in [1.29, 1.82) is 0 Å². The van der Waals surface area contributed by atoms with E-state index in [-0.39, 0.29) is 17.9 Å². The molecule has 0 bridgehead atoms. The fraction of sp³-hybridized carbons (Fsp3) is 0.786. The number of hydrogen-bond acceptors (Lipinski definition) is 5. The van der Waals surface area contributed by atoms with Crippen molar-refractivity contribution in [2.75, 3.05) is 12.3 Å². The van der Waals surface area contributed by atoms with Gasteiger partial charge in [0.2, 0.25) is 11.8 Å². The second kappa shape index (κ2) is 5.76. The molecule has 1 saturated carbocycles. The van der Waals surface area contributed by atoms with Gasteiger partial charge in [-0.05, 0) is 24.7 Å². The minimum Gasteiger partial charge on any atom is -0.353 e. The number of amidine groups is 1. The number of imide groups is 1. The van der Waals surface area contributed by atoms with Gasteiger partial charge < -0.3 is 5.32 Å². The van der Waals surface area contributed by atoms with Gasteiger partial charge in [0.15, 0.2) is 5.17 Å². The van der Waals surface area contributed by atoms with E-state index in [1.807, 2.05) is 0 Å². The van der Waals surface area contributed by atoms with E-state index in [0.29, 0.717) is 18.3 Å². The Bertz CT molecular complexity index is 444. The van der Waals surface area contributed by atoms with E-state index in [4.69, 9.17) is 0 Å². The van der Waals surface area contributed by atoms with Crippen molar-refractivity contribution in [2.24, 2.45) is 10.4 Å². The number of aliphatic imine (C=N–C) groups is 1. The smallest absolute Gasteiger partial charge is 0.249 e. The van der Waals surface area contributed by atoms with Gasteiger partial charge in [-0.3, -0.25) is 19.9 Å². The minimum atomic E-state index is -0.306.